The van der Waals surface area contributed by atoms with Crippen LogP contribution in [0, 0.1) is 0 Å². The second kappa shape index (κ2) is 12.4. The molecule has 0 saturated carbocycles. The van der Waals surface area contributed by atoms with Gasteiger partial charge in [-0.2, -0.15) is 0 Å². The summed E-state index contributed by atoms with van der Waals surface area (Å²) in [7, 11) is 1.63. The first-order valence-electron chi connectivity index (χ1n) is 9.50. The molecule has 0 aliphatic carbocycles. The van der Waals surface area contributed by atoms with Gasteiger partial charge in [-0.3, -0.25) is 4.79 Å². The average molecular weight is 341 g/mol. The second-order valence-electron chi connectivity index (χ2n) is 7.08. The Bertz CT molecular complexity index is 372. The van der Waals surface area contributed by atoms with Crippen molar-refractivity contribution in [2.45, 2.75) is 89.7 Å². The largest absolute Gasteiger partial charge is 0.391 e. The highest BCUT2D eigenvalue weighted by Crippen LogP contribution is 2.20. The quantitative estimate of drug-likeness (QED) is 0.523. The Morgan fingerprint density at radius 1 is 1.00 bits per heavy atom. The number of carbonyl (C=O) groups excluding carboxylic acids is 2. The third kappa shape index (κ3) is 8.78. The molecule has 0 spiro atoms. The average Bonchev–Trinajstić information content (AvgIpc) is 2.89. The van der Waals surface area contributed by atoms with Crippen LogP contribution >= 0.6 is 0 Å². The molecule has 24 heavy (non-hydrogen) atoms. The van der Waals surface area contributed by atoms with Crippen LogP contribution in [0.2, 0.25) is 0 Å². The van der Waals surface area contributed by atoms with E-state index in [2.05, 4.69) is 0 Å². The van der Waals surface area contributed by atoms with E-state index < -0.39 is 6.10 Å². The summed E-state index contributed by atoms with van der Waals surface area (Å²) in [6.07, 6.45) is 10.5. The van der Waals surface area contributed by atoms with E-state index in [1.807, 2.05) is 0 Å². The molecule has 0 bridgehead atoms. The maximum atomic E-state index is 12.3. The van der Waals surface area contributed by atoms with Crippen molar-refractivity contribution < 1.29 is 19.4 Å². The molecule has 0 radical (unpaired) electrons. The molecule has 1 N–H and O–H groups in total. The Morgan fingerprint density at radius 2 is 1.54 bits per heavy atom. The summed E-state index contributed by atoms with van der Waals surface area (Å²) in [5, 5.41) is 9.74. The van der Waals surface area contributed by atoms with Gasteiger partial charge in [0.1, 0.15) is 5.78 Å². The van der Waals surface area contributed by atoms with Gasteiger partial charge in [-0.05, 0) is 26.2 Å². The molecule has 5 heteroatoms. The van der Waals surface area contributed by atoms with Crippen LogP contribution in [-0.4, -0.2) is 54.1 Å². The highest BCUT2D eigenvalue weighted by molar-refractivity contribution is 5.77. The number of aliphatic hydroxyl groups is 1. The van der Waals surface area contributed by atoms with Gasteiger partial charge in [-0.15, -0.1) is 0 Å². The van der Waals surface area contributed by atoms with Crippen LogP contribution in [0.1, 0.15) is 77.6 Å². The number of nitrogens with zero attached hydrogens (tertiary/aromatic N) is 1. The topological polar surface area (TPSA) is 66.8 Å². The lowest BCUT2D eigenvalue weighted by Gasteiger charge is -2.23. The number of β-amino-alcohol motifs (C(OH)–C–C–N with tert-alkyl or cyclic N) is 1. The monoisotopic (exact) mass is 341 g/mol. The van der Waals surface area contributed by atoms with Crippen LogP contribution in [0.25, 0.3) is 0 Å². The fourth-order valence-electron chi connectivity index (χ4n) is 3.40. The molecule has 0 aromatic rings. The standard InChI is InChI=1S/C19H35NO4/c1-16(21)11-9-7-5-3-4-6-8-10-12-19(23)20-14-18(22)13-17(20)15-24-2/h17-18,22H,3-15H2,1-2H3/t17?,18-/m1/s1. The van der Waals surface area contributed by atoms with Gasteiger partial charge in [-0.25, -0.2) is 0 Å². The van der Waals surface area contributed by atoms with Crippen LogP contribution < -0.4 is 0 Å². The molecule has 140 valence electrons. The number of likely N-dealkylation sites (tertiary alicyclic amines) is 1. The first kappa shape index (κ1) is 21.1. The summed E-state index contributed by atoms with van der Waals surface area (Å²) in [5.41, 5.74) is 0. The van der Waals surface area contributed by atoms with Gasteiger partial charge < -0.3 is 19.5 Å². The van der Waals surface area contributed by atoms with Crippen LogP contribution in [0.4, 0.5) is 0 Å². The first-order valence-corrected chi connectivity index (χ1v) is 9.50. The third-order valence-corrected chi connectivity index (χ3v) is 4.74. The van der Waals surface area contributed by atoms with E-state index in [1.165, 1.54) is 25.7 Å². The van der Waals surface area contributed by atoms with Gasteiger partial charge in [0, 0.05) is 26.5 Å². The van der Waals surface area contributed by atoms with Crippen molar-refractivity contribution in [3.63, 3.8) is 0 Å². The number of unbranched alkanes of at least 4 members (excludes halogenated alkanes) is 7. The summed E-state index contributed by atoms with van der Waals surface area (Å²) in [5.74, 6) is 0.441. The molecule has 1 rings (SSSR count). The number of ketones is 1. The van der Waals surface area contributed by atoms with Crippen LogP contribution in [-0.2, 0) is 14.3 Å². The van der Waals surface area contributed by atoms with E-state index in [-0.39, 0.29) is 17.7 Å². The fraction of sp³-hybridized carbons (Fsp3) is 0.895. The predicted octanol–water partition coefficient (Wildman–Crippen LogP) is 3.08. The normalized spacial score (nSPS) is 20.5. The van der Waals surface area contributed by atoms with Crippen molar-refractivity contribution in [2.75, 3.05) is 20.3 Å². The number of methoxy groups -OCH3 is 1. The highest BCUT2D eigenvalue weighted by Gasteiger charge is 2.33. The number of ether oxygens (including phenoxy) is 1. The molecule has 1 saturated heterocycles. The van der Waals surface area contributed by atoms with Gasteiger partial charge >= 0.3 is 0 Å². The number of carbonyl (C=O) groups is 2. The van der Waals surface area contributed by atoms with Crippen molar-refractivity contribution in [1.29, 1.82) is 0 Å². The Labute approximate surface area is 146 Å². The van der Waals surface area contributed by atoms with Gasteiger partial charge in [0.2, 0.25) is 5.91 Å². The van der Waals surface area contributed by atoms with E-state index in [0.717, 1.165) is 32.1 Å². The van der Waals surface area contributed by atoms with Crippen molar-refractivity contribution in [3.05, 3.63) is 0 Å². The van der Waals surface area contributed by atoms with E-state index in [4.69, 9.17) is 4.74 Å². The zero-order chi connectivity index (χ0) is 17.8. The van der Waals surface area contributed by atoms with Crippen molar-refractivity contribution in [2.24, 2.45) is 0 Å². The molecule has 1 amide bonds. The fourth-order valence-corrected chi connectivity index (χ4v) is 3.40. The summed E-state index contributed by atoms with van der Waals surface area (Å²) in [6.45, 7) is 2.61. The van der Waals surface area contributed by atoms with Gasteiger partial charge in [0.15, 0.2) is 0 Å². The lowest BCUT2D eigenvalue weighted by Crippen LogP contribution is -2.38. The number of Topliss-reactive ketones (excluding diaryl/α,β-unsaturated/α-hetero) is 1. The summed E-state index contributed by atoms with van der Waals surface area (Å²) < 4.78 is 5.14. The van der Waals surface area contributed by atoms with Gasteiger partial charge in [0.25, 0.3) is 0 Å². The number of aliphatic hydroxyl groups excluding tert-OH is 1. The van der Waals surface area contributed by atoms with Crippen molar-refractivity contribution in [1.82, 2.24) is 4.90 Å². The maximum absolute atomic E-state index is 12.3. The summed E-state index contributed by atoms with van der Waals surface area (Å²) in [4.78, 5) is 24.9. The zero-order valence-corrected chi connectivity index (χ0v) is 15.5. The van der Waals surface area contributed by atoms with Crippen molar-refractivity contribution >= 4 is 11.7 Å². The molecular formula is C19H35NO4. The first-order chi connectivity index (χ1) is 11.5. The number of amides is 1. The minimum absolute atomic E-state index is 0.0347. The molecule has 1 unspecified atom stereocenters. The molecular weight excluding hydrogens is 306 g/mol. The van der Waals surface area contributed by atoms with E-state index in [0.29, 0.717) is 26.0 Å². The molecule has 1 aliphatic rings. The van der Waals surface area contributed by atoms with Crippen LogP contribution in [0.5, 0.6) is 0 Å². The Morgan fingerprint density at radius 3 is 2.08 bits per heavy atom. The SMILES string of the molecule is COCC1C[C@@H](O)CN1C(=O)CCCCCCCCCCC(C)=O. The Balaban J connectivity index is 2.00. The van der Waals surface area contributed by atoms with Crippen LogP contribution in [0.15, 0.2) is 0 Å². The molecule has 1 heterocycles. The summed E-state index contributed by atoms with van der Waals surface area (Å²) >= 11 is 0. The predicted molar refractivity (Wildman–Crippen MR) is 94.9 cm³/mol. The highest BCUT2D eigenvalue weighted by atomic mass is 16.5. The van der Waals surface area contributed by atoms with E-state index >= 15 is 0 Å². The Hall–Kier alpha value is -0.940. The molecule has 2 atom stereocenters. The molecule has 5 nitrogen and oxygen atoms in total. The molecule has 0 aromatic heterocycles. The Kier molecular flexibility index (Phi) is 10.9. The zero-order valence-electron chi connectivity index (χ0n) is 15.5. The maximum Gasteiger partial charge on any atom is 0.222 e. The van der Waals surface area contributed by atoms with Crippen LogP contribution in [0.3, 0.4) is 0 Å². The minimum atomic E-state index is -0.405. The molecule has 1 fully saturated rings. The number of hydrogen-bond donors (Lipinski definition) is 1. The molecule has 0 aromatic carbocycles. The lowest BCUT2D eigenvalue weighted by atomic mass is 10.1. The lowest BCUT2D eigenvalue weighted by molar-refractivity contribution is -0.133. The third-order valence-electron chi connectivity index (χ3n) is 4.74. The van der Waals surface area contributed by atoms with Gasteiger partial charge in [-0.1, -0.05) is 38.5 Å². The summed E-state index contributed by atoms with van der Waals surface area (Å²) in [6, 6.07) is 0.0347. The number of rotatable bonds is 13. The van der Waals surface area contributed by atoms with Gasteiger partial charge in [0.05, 0.1) is 18.8 Å². The number of hydrogen-bond acceptors (Lipinski definition) is 4. The smallest absolute Gasteiger partial charge is 0.222 e. The molecule has 1 aliphatic heterocycles. The van der Waals surface area contributed by atoms with E-state index in [9.17, 15) is 14.7 Å². The van der Waals surface area contributed by atoms with Crippen molar-refractivity contribution in [3.8, 4) is 0 Å². The van der Waals surface area contributed by atoms with E-state index in [1.54, 1.807) is 18.9 Å². The second-order valence-corrected chi connectivity index (χ2v) is 7.08. The minimum Gasteiger partial charge on any atom is -0.391 e.